The van der Waals surface area contributed by atoms with Gasteiger partial charge >= 0.3 is 0 Å². The second kappa shape index (κ2) is 7.30. The van der Waals surface area contributed by atoms with Crippen LogP contribution in [-0.4, -0.2) is 0 Å². The first-order valence-electron chi connectivity index (χ1n) is 7.18. The lowest BCUT2D eigenvalue weighted by Crippen LogP contribution is -2.08. The van der Waals surface area contributed by atoms with Gasteiger partial charge in [-0.3, -0.25) is 0 Å². The fourth-order valence-corrected chi connectivity index (χ4v) is 2.73. The summed E-state index contributed by atoms with van der Waals surface area (Å²) in [4.78, 5) is 0. The number of hydrogen-bond acceptors (Lipinski definition) is 0. The van der Waals surface area contributed by atoms with Gasteiger partial charge in [-0.2, -0.15) is 0 Å². The van der Waals surface area contributed by atoms with Crippen molar-refractivity contribution in [2.75, 3.05) is 0 Å². The summed E-state index contributed by atoms with van der Waals surface area (Å²) in [5.74, 6) is 3.08. The van der Waals surface area contributed by atoms with E-state index < -0.39 is 0 Å². The smallest absolute Gasteiger partial charge is 0.0443 e. The van der Waals surface area contributed by atoms with E-state index in [9.17, 15) is 0 Å². The zero-order valence-electron chi connectivity index (χ0n) is 11.1. The minimum absolute atomic E-state index is 1.02. The van der Waals surface area contributed by atoms with Crippen LogP contribution in [0.4, 0.5) is 0 Å². The van der Waals surface area contributed by atoms with Crippen molar-refractivity contribution in [2.24, 2.45) is 17.8 Å². The van der Waals surface area contributed by atoms with Crippen molar-refractivity contribution in [2.45, 2.75) is 78.6 Å². The number of hydrogen-bond donors (Lipinski definition) is 0. The predicted octanol–water partition coefficient (Wildman–Crippen LogP) is 5.42. The first-order chi connectivity index (χ1) is 7.18. The molecule has 0 aromatic rings. The Balaban J connectivity index is 0.000000151. The monoisotopic (exact) mass is 210 g/mol. The highest BCUT2D eigenvalue weighted by Gasteiger charge is 2.13. The molecule has 0 heterocycles. The molecular weight excluding hydrogens is 180 g/mol. The lowest BCUT2D eigenvalue weighted by atomic mass is 9.84. The standard InChI is InChI=1S/C8H16.C7H14/c1-7-3-5-8(2)6-4-7;1-7-5-3-2-4-6-7/h7-8H,3-6H2,1-2H3;7H,2-6H2,1H3. The summed E-state index contributed by atoms with van der Waals surface area (Å²) >= 11 is 0. The molecule has 15 heavy (non-hydrogen) atoms. The van der Waals surface area contributed by atoms with E-state index in [0.29, 0.717) is 0 Å². The molecule has 0 aromatic heterocycles. The number of rotatable bonds is 0. The molecule has 2 saturated carbocycles. The van der Waals surface area contributed by atoms with Gasteiger partial charge in [0, 0.05) is 0 Å². The third-order valence-electron chi connectivity index (χ3n) is 4.20. The van der Waals surface area contributed by atoms with Crippen molar-refractivity contribution in [3.63, 3.8) is 0 Å². The molecule has 0 nitrogen and oxygen atoms in total. The van der Waals surface area contributed by atoms with Crippen LogP contribution >= 0.6 is 0 Å². The topological polar surface area (TPSA) is 0 Å². The van der Waals surface area contributed by atoms with Crippen molar-refractivity contribution in [1.82, 2.24) is 0 Å². The van der Waals surface area contributed by atoms with Gasteiger partial charge in [-0.15, -0.1) is 0 Å². The van der Waals surface area contributed by atoms with E-state index in [2.05, 4.69) is 20.8 Å². The summed E-state index contributed by atoms with van der Waals surface area (Å²) in [6, 6.07) is 0. The summed E-state index contributed by atoms with van der Waals surface area (Å²) in [6.07, 6.45) is 13.3. The Hall–Kier alpha value is 0. The highest BCUT2D eigenvalue weighted by molar-refractivity contribution is 4.65. The average molecular weight is 210 g/mol. The quantitative estimate of drug-likeness (QED) is 0.501. The Labute approximate surface area is 96.8 Å². The molecule has 0 spiro atoms. The Morgan fingerprint density at radius 1 is 0.467 bits per heavy atom. The van der Waals surface area contributed by atoms with Gasteiger partial charge in [0.2, 0.25) is 0 Å². The van der Waals surface area contributed by atoms with E-state index in [-0.39, 0.29) is 0 Å². The molecule has 0 radical (unpaired) electrons. The van der Waals surface area contributed by atoms with Gasteiger partial charge in [0.25, 0.3) is 0 Å². The molecule has 0 heteroatoms. The first-order valence-corrected chi connectivity index (χ1v) is 7.18. The summed E-state index contributed by atoms with van der Waals surface area (Å²) in [6.45, 7) is 7.09. The maximum Gasteiger partial charge on any atom is -0.0443 e. The normalized spacial score (nSPS) is 33.0. The summed E-state index contributed by atoms with van der Waals surface area (Å²) < 4.78 is 0. The van der Waals surface area contributed by atoms with Crippen LogP contribution in [0.25, 0.3) is 0 Å². The molecule has 0 saturated heterocycles. The summed E-state index contributed by atoms with van der Waals surface area (Å²) in [5, 5.41) is 0. The van der Waals surface area contributed by atoms with Gasteiger partial charge in [-0.1, -0.05) is 78.6 Å². The molecule has 0 amide bonds. The second-order valence-electron chi connectivity index (χ2n) is 6.11. The Morgan fingerprint density at radius 2 is 0.800 bits per heavy atom. The highest BCUT2D eigenvalue weighted by Crippen LogP contribution is 2.27. The van der Waals surface area contributed by atoms with Crippen LogP contribution in [0, 0.1) is 17.8 Å². The maximum atomic E-state index is 2.37. The van der Waals surface area contributed by atoms with Crippen molar-refractivity contribution < 1.29 is 0 Å². The van der Waals surface area contributed by atoms with Crippen LogP contribution < -0.4 is 0 Å². The van der Waals surface area contributed by atoms with Crippen LogP contribution in [0.5, 0.6) is 0 Å². The molecule has 0 aromatic carbocycles. The van der Waals surface area contributed by atoms with Crippen LogP contribution in [0.15, 0.2) is 0 Å². The minimum atomic E-state index is 1.02. The van der Waals surface area contributed by atoms with E-state index in [4.69, 9.17) is 0 Å². The Kier molecular flexibility index (Phi) is 6.36. The summed E-state index contributed by atoms with van der Waals surface area (Å²) in [5.41, 5.74) is 0. The Morgan fingerprint density at radius 3 is 1.07 bits per heavy atom. The molecule has 0 aliphatic heterocycles. The van der Waals surface area contributed by atoms with E-state index in [1.54, 1.807) is 0 Å². The Bertz CT molecular complexity index is 126. The third kappa shape index (κ3) is 6.22. The van der Waals surface area contributed by atoms with Crippen molar-refractivity contribution in [1.29, 1.82) is 0 Å². The molecule has 0 bridgehead atoms. The van der Waals surface area contributed by atoms with Crippen molar-refractivity contribution in [3.05, 3.63) is 0 Å². The average Bonchev–Trinajstić information content (AvgIpc) is 2.25. The fraction of sp³-hybridized carbons (Fsp3) is 1.00. The molecule has 90 valence electrons. The molecular formula is C15H30. The zero-order valence-corrected chi connectivity index (χ0v) is 11.1. The molecule has 2 aliphatic carbocycles. The van der Waals surface area contributed by atoms with Crippen LogP contribution in [0.1, 0.15) is 78.6 Å². The van der Waals surface area contributed by atoms with E-state index >= 15 is 0 Å². The van der Waals surface area contributed by atoms with E-state index in [0.717, 1.165) is 17.8 Å². The largest absolute Gasteiger partial charge is 0.0625 e. The van der Waals surface area contributed by atoms with E-state index in [1.165, 1.54) is 57.8 Å². The first kappa shape index (κ1) is 13.1. The highest BCUT2D eigenvalue weighted by atomic mass is 14.2. The summed E-state index contributed by atoms with van der Waals surface area (Å²) in [7, 11) is 0. The van der Waals surface area contributed by atoms with Gasteiger partial charge in [0.1, 0.15) is 0 Å². The van der Waals surface area contributed by atoms with Gasteiger partial charge in [0.05, 0.1) is 0 Å². The maximum absolute atomic E-state index is 2.37. The van der Waals surface area contributed by atoms with Gasteiger partial charge in [0.15, 0.2) is 0 Å². The van der Waals surface area contributed by atoms with Gasteiger partial charge in [-0.25, -0.2) is 0 Å². The van der Waals surface area contributed by atoms with Crippen LogP contribution in [0.3, 0.4) is 0 Å². The second-order valence-corrected chi connectivity index (χ2v) is 6.11. The molecule has 0 N–H and O–H groups in total. The molecule has 0 unspecified atom stereocenters. The minimum Gasteiger partial charge on any atom is -0.0625 e. The van der Waals surface area contributed by atoms with Gasteiger partial charge < -0.3 is 0 Å². The van der Waals surface area contributed by atoms with Crippen LogP contribution in [0.2, 0.25) is 0 Å². The lowest BCUT2D eigenvalue weighted by molar-refractivity contribution is 0.308. The zero-order chi connectivity index (χ0) is 11.1. The predicted molar refractivity (Wildman–Crippen MR) is 69.0 cm³/mol. The molecule has 2 rings (SSSR count). The molecule has 2 fully saturated rings. The van der Waals surface area contributed by atoms with Crippen molar-refractivity contribution >= 4 is 0 Å². The lowest BCUT2D eigenvalue weighted by Gasteiger charge is -2.22. The van der Waals surface area contributed by atoms with Gasteiger partial charge in [-0.05, 0) is 17.8 Å². The molecule has 0 atom stereocenters. The van der Waals surface area contributed by atoms with Crippen molar-refractivity contribution in [3.8, 4) is 0 Å². The third-order valence-corrected chi connectivity index (χ3v) is 4.20. The molecule has 2 aliphatic rings. The van der Waals surface area contributed by atoms with E-state index in [1.807, 2.05) is 0 Å². The fourth-order valence-electron chi connectivity index (χ4n) is 2.73. The van der Waals surface area contributed by atoms with Crippen LogP contribution in [-0.2, 0) is 0 Å². The SMILES string of the molecule is CC1CCC(C)CC1.CC1CCCCC1.